The van der Waals surface area contributed by atoms with Gasteiger partial charge in [0.1, 0.15) is 0 Å². The quantitative estimate of drug-likeness (QED) is 0.364. The van der Waals surface area contributed by atoms with Crippen LogP contribution in [0.1, 0.15) is 99.3 Å². The summed E-state index contributed by atoms with van der Waals surface area (Å²) in [5.74, 6) is 1.73. The van der Waals surface area contributed by atoms with E-state index in [4.69, 9.17) is 10.5 Å². The molecule has 2 heteroatoms. The van der Waals surface area contributed by atoms with Crippen molar-refractivity contribution in [1.82, 2.24) is 0 Å². The monoisotopic (exact) mass is 327 g/mol. The highest BCUT2D eigenvalue weighted by atomic mass is 16.5. The molecule has 0 saturated heterocycles. The van der Waals surface area contributed by atoms with Crippen LogP contribution in [0.15, 0.2) is 0 Å². The maximum absolute atomic E-state index is 6.47. The molecule has 0 radical (unpaired) electrons. The molecular formula is C21H45NO. The molecule has 0 aromatic rings. The number of unbranched alkanes of at least 4 members (excludes halogenated alkanes) is 5. The molecule has 0 aromatic carbocycles. The zero-order valence-electron chi connectivity index (χ0n) is 17.0. The van der Waals surface area contributed by atoms with Crippen LogP contribution >= 0.6 is 0 Å². The van der Waals surface area contributed by atoms with Crippen LogP contribution in [0, 0.1) is 17.8 Å². The standard InChI is InChI=1S/C21H45NO/c1-7-9-10-11-12-13-15-20(16-14-17-22)21(18(3)4,19(5)6)23-8-2/h18-20H,7-17,22H2,1-6H3. The second-order valence-electron chi connectivity index (χ2n) is 7.78. The van der Waals surface area contributed by atoms with Crippen molar-refractivity contribution < 1.29 is 4.74 Å². The van der Waals surface area contributed by atoms with Gasteiger partial charge in [0.15, 0.2) is 0 Å². The average molecular weight is 328 g/mol. The van der Waals surface area contributed by atoms with Gasteiger partial charge in [-0.15, -0.1) is 0 Å². The van der Waals surface area contributed by atoms with Gasteiger partial charge >= 0.3 is 0 Å². The van der Waals surface area contributed by atoms with E-state index < -0.39 is 0 Å². The third-order valence-corrected chi connectivity index (χ3v) is 5.50. The zero-order chi connectivity index (χ0) is 17.7. The number of nitrogens with two attached hydrogens (primary N) is 1. The molecule has 0 spiro atoms. The minimum atomic E-state index is 0.00728. The molecule has 1 unspecified atom stereocenters. The maximum Gasteiger partial charge on any atom is 0.0755 e. The van der Waals surface area contributed by atoms with Crippen LogP contribution in [0.4, 0.5) is 0 Å². The highest BCUT2D eigenvalue weighted by Gasteiger charge is 2.44. The van der Waals surface area contributed by atoms with Crippen LogP contribution in [-0.2, 0) is 4.74 Å². The maximum atomic E-state index is 6.47. The van der Waals surface area contributed by atoms with Crippen molar-refractivity contribution in [2.75, 3.05) is 13.2 Å². The van der Waals surface area contributed by atoms with Crippen molar-refractivity contribution in [1.29, 1.82) is 0 Å². The van der Waals surface area contributed by atoms with Gasteiger partial charge in [0.2, 0.25) is 0 Å². The van der Waals surface area contributed by atoms with Gasteiger partial charge in [-0.2, -0.15) is 0 Å². The van der Waals surface area contributed by atoms with Crippen molar-refractivity contribution in [2.45, 2.75) is 105 Å². The molecule has 140 valence electrons. The SMILES string of the molecule is CCCCCCCCC(CCCN)C(OCC)(C(C)C)C(C)C. The topological polar surface area (TPSA) is 35.2 Å². The van der Waals surface area contributed by atoms with Crippen molar-refractivity contribution in [2.24, 2.45) is 23.5 Å². The lowest BCUT2D eigenvalue weighted by Crippen LogP contribution is -2.50. The fourth-order valence-electron chi connectivity index (χ4n) is 4.44. The summed E-state index contributed by atoms with van der Waals surface area (Å²) in [6.07, 6.45) is 11.8. The van der Waals surface area contributed by atoms with E-state index in [-0.39, 0.29) is 5.60 Å². The van der Waals surface area contributed by atoms with E-state index in [0.717, 1.165) is 19.6 Å². The molecule has 0 aliphatic heterocycles. The Morgan fingerprint density at radius 3 is 1.78 bits per heavy atom. The van der Waals surface area contributed by atoms with E-state index >= 15 is 0 Å². The Balaban J connectivity index is 4.84. The molecule has 0 amide bonds. The minimum absolute atomic E-state index is 0.00728. The van der Waals surface area contributed by atoms with E-state index in [1.54, 1.807) is 0 Å². The van der Waals surface area contributed by atoms with Crippen LogP contribution in [0.5, 0.6) is 0 Å². The summed E-state index contributed by atoms with van der Waals surface area (Å²) in [4.78, 5) is 0. The van der Waals surface area contributed by atoms with E-state index in [1.165, 1.54) is 51.4 Å². The van der Waals surface area contributed by atoms with Gasteiger partial charge in [-0.1, -0.05) is 73.1 Å². The third kappa shape index (κ3) is 7.56. The van der Waals surface area contributed by atoms with Gasteiger partial charge in [-0.25, -0.2) is 0 Å². The Morgan fingerprint density at radius 1 is 0.783 bits per heavy atom. The molecule has 0 heterocycles. The lowest BCUT2D eigenvalue weighted by Gasteiger charge is -2.47. The molecule has 2 N–H and O–H groups in total. The average Bonchev–Trinajstić information content (AvgIpc) is 2.51. The Hall–Kier alpha value is -0.0800. The van der Waals surface area contributed by atoms with Gasteiger partial charge in [0.25, 0.3) is 0 Å². The zero-order valence-corrected chi connectivity index (χ0v) is 17.0. The molecule has 0 bridgehead atoms. The molecule has 1 atom stereocenters. The summed E-state index contributed by atoms with van der Waals surface area (Å²) in [5, 5.41) is 0. The number of hydrogen-bond donors (Lipinski definition) is 1. The number of rotatable bonds is 15. The van der Waals surface area contributed by atoms with Gasteiger partial charge in [0, 0.05) is 6.61 Å². The summed E-state index contributed by atoms with van der Waals surface area (Å²) in [7, 11) is 0. The molecule has 0 rings (SSSR count). The van der Waals surface area contributed by atoms with Gasteiger partial charge in [-0.05, 0) is 50.5 Å². The van der Waals surface area contributed by atoms with Crippen LogP contribution in [0.2, 0.25) is 0 Å². The van der Waals surface area contributed by atoms with Crippen LogP contribution in [0.3, 0.4) is 0 Å². The number of hydrogen-bond acceptors (Lipinski definition) is 2. The van der Waals surface area contributed by atoms with Crippen molar-refractivity contribution >= 4 is 0 Å². The molecule has 2 nitrogen and oxygen atoms in total. The molecule has 0 aliphatic rings. The van der Waals surface area contributed by atoms with Crippen molar-refractivity contribution in [3.63, 3.8) is 0 Å². The first kappa shape index (κ1) is 22.9. The number of ether oxygens (including phenoxy) is 1. The Kier molecular flexibility index (Phi) is 13.2. The second-order valence-corrected chi connectivity index (χ2v) is 7.78. The first-order valence-corrected chi connectivity index (χ1v) is 10.3. The van der Waals surface area contributed by atoms with E-state index in [9.17, 15) is 0 Å². The van der Waals surface area contributed by atoms with Crippen LogP contribution in [-0.4, -0.2) is 18.8 Å². The molecular weight excluding hydrogens is 282 g/mol. The van der Waals surface area contributed by atoms with E-state index in [1.807, 2.05) is 0 Å². The second kappa shape index (κ2) is 13.2. The van der Waals surface area contributed by atoms with Crippen LogP contribution in [0.25, 0.3) is 0 Å². The smallest absolute Gasteiger partial charge is 0.0755 e. The highest BCUT2D eigenvalue weighted by molar-refractivity contribution is 4.94. The van der Waals surface area contributed by atoms with Crippen LogP contribution < -0.4 is 5.73 Å². The molecule has 23 heavy (non-hydrogen) atoms. The largest absolute Gasteiger partial charge is 0.374 e. The fraction of sp³-hybridized carbons (Fsp3) is 1.00. The van der Waals surface area contributed by atoms with Gasteiger partial charge < -0.3 is 10.5 Å². The summed E-state index contributed by atoms with van der Waals surface area (Å²) in [5.41, 5.74) is 5.82. The molecule has 0 saturated carbocycles. The van der Waals surface area contributed by atoms with Gasteiger partial charge in [-0.3, -0.25) is 0 Å². The highest BCUT2D eigenvalue weighted by Crippen LogP contribution is 2.42. The minimum Gasteiger partial charge on any atom is -0.374 e. The van der Waals surface area contributed by atoms with Gasteiger partial charge in [0.05, 0.1) is 5.60 Å². The summed E-state index contributed by atoms with van der Waals surface area (Å²) < 4.78 is 6.47. The van der Waals surface area contributed by atoms with E-state index in [2.05, 4.69) is 41.5 Å². The predicted octanol–water partition coefficient (Wildman–Crippen LogP) is 6.18. The normalized spacial score (nSPS) is 14.0. The van der Waals surface area contributed by atoms with E-state index in [0.29, 0.717) is 17.8 Å². The first-order chi connectivity index (χ1) is 11.0. The predicted molar refractivity (Wildman–Crippen MR) is 104 cm³/mol. The van der Waals surface area contributed by atoms with Crippen molar-refractivity contribution in [3.05, 3.63) is 0 Å². The first-order valence-electron chi connectivity index (χ1n) is 10.3. The molecule has 0 aromatic heterocycles. The Morgan fingerprint density at radius 2 is 1.30 bits per heavy atom. The lowest BCUT2D eigenvalue weighted by molar-refractivity contribution is -0.149. The Labute approximate surface area is 146 Å². The van der Waals surface area contributed by atoms with Crippen molar-refractivity contribution in [3.8, 4) is 0 Å². The third-order valence-electron chi connectivity index (χ3n) is 5.50. The summed E-state index contributed by atoms with van der Waals surface area (Å²) >= 11 is 0. The lowest BCUT2D eigenvalue weighted by atomic mass is 9.67. The summed E-state index contributed by atoms with van der Waals surface area (Å²) in [6, 6.07) is 0. The summed E-state index contributed by atoms with van der Waals surface area (Å²) in [6.45, 7) is 15.4. The Bertz CT molecular complexity index is 255. The molecule has 0 fully saturated rings. The molecule has 0 aliphatic carbocycles. The fourth-order valence-corrected chi connectivity index (χ4v) is 4.44.